The van der Waals surface area contributed by atoms with Crippen molar-refractivity contribution in [2.75, 3.05) is 29.2 Å². The number of sulfone groups is 1. The van der Waals surface area contributed by atoms with Gasteiger partial charge in [-0.1, -0.05) is 0 Å². The van der Waals surface area contributed by atoms with E-state index < -0.39 is 57.1 Å². The lowest BCUT2D eigenvalue weighted by Gasteiger charge is -2.24. The number of furan rings is 1. The Morgan fingerprint density at radius 2 is 1.86 bits per heavy atom. The Morgan fingerprint density at radius 1 is 1.16 bits per heavy atom. The Labute approximate surface area is 208 Å². The molecule has 1 aliphatic rings. The van der Waals surface area contributed by atoms with Crippen molar-refractivity contribution in [2.45, 2.75) is 31.6 Å². The molecule has 3 N–H and O–H groups in total. The van der Waals surface area contributed by atoms with Gasteiger partial charge in [-0.05, 0) is 25.5 Å². The van der Waals surface area contributed by atoms with Gasteiger partial charge in [-0.2, -0.15) is 0 Å². The predicted octanol–water partition coefficient (Wildman–Crippen LogP) is 4.84. The van der Waals surface area contributed by atoms with E-state index in [4.69, 9.17) is 9.15 Å². The maximum absolute atomic E-state index is 15.6. The van der Waals surface area contributed by atoms with Gasteiger partial charge in [-0.25, -0.2) is 35.2 Å². The van der Waals surface area contributed by atoms with Gasteiger partial charge >= 0.3 is 11.8 Å². The van der Waals surface area contributed by atoms with Gasteiger partial charge in [-0.3, -0.25) is 5.32 Å². The van der Waals surface area contributed by atoms with Crippen LogP contribution in [-0.2, 0) is 15.6 Å². The van der Waals surface area contributed by atoms with Crippen LogP contribution in [0.25, 0.3) is 11.0 Å². The van der Waals surface area contributed by atoms with E-state index in [9.17, 15) is 30.8 Å². The van der Waals surface area contributed by atoms with Crippen LogP contribution >= 0.6 is 0 Å². The van der Waals surface area contributed by atoms with Crippen molar-refractivity contribution in [2.24, 2.45) is 0 Å². The van der Waals surface area contributed by atoms with Crippen molar-refractivity contribution < 1.29 is 44.3 Å². The van der Waals surface area contributed by atoms with Gasteiger partial charge in [0.25, 0.3) is 6.43 Å². The number of methoxy groups -OCH3 is 1. The van der Waals surface area contributed by atoms with E-state index in [2.05, 4.69) is 10.6 Å². The highest BCUT2D eigenvalue weighted by Gasteiger charge is 2.49. The van der Waals surface area contributed by atoms with E-state index in [0.29, 0.717) is 18.2 Å². The molecule has 37 heavy (non-hydrogen) atoms. The summed E-state index contributed by atoms with van der Waals surface area (Å²) in [6, 6.07) is 3.68. The first-order valence-corrected chi connectivity index (χ1v) is 12.7. The molecule has 0 saturated carbocycles. The number of urea groups is 1. The quantitative estimate of drug-likeness (QED) is 0.289. The lowest BCUT2D eigenvalue weighted by Crippen LogP contribution is -2.49. The van der Waals surface area contributed by atoms with Crippen molar-refractivity contribution in [3.8, 4) is 5.75 Å². The first-order chi connectivity index (χ1) is 17.3. The van der Waals surface area contributed by atoms with E-state index >= 15 is 4.39 Å². The average Bonchev–Trinajstić information content (AvgIpc) is 3.32. The van der Waals surface area contributed by atoms with Crippen molar-refractivity contribution in [3.63, 3.8) is 0 Å². The number of alkyl halides is 3. The molecule has 1 aromatic heterocycles. The first kappa shape index (κ1) is 26.5. The summed E-state index contributed by atoms with van der Waals surface area (Å²) in [7, 11) is -1.84. The maximum Gasteiger partial charge on any atom is 0.322 e. The predicted molar refractivity (Wildman–Crippen MR) is 125 cm³/mol. The van der Waals surface area contributed by atoms with Crippen LogP contribution in [0, 0.1) is 18.6 Å². The average molecular weight is 548 g/mol. The number of ether oxygens (including phenoxy) is 1. The third kappa shape index (κ3) is 5.43. The minimum atomic E-state index is -3.89. The molecule has 200 valence electrons. The molecule has 1 aliphatic heterocycles. The first-order valence-electron chi connectivity index (χ1n) is 10.9. The fraction of sp³-hybridized carbons (Fsp3) is 0.348. The minimum Gasteiger partial charge on any atom is -0.497 e. The second-order valence-electron chi connectivity index (χ2n) is 8.61. The molecule has 1 fully saturated rings. The van der Waals surface area contributed by atoms with Crippen LogP contribution in [0.2, 0.25) is 0 Å². The summed E-state index contributed by atoms with van der Waals surface area (Å²) in [6.45, 7) is 1.12. The van der Waals surface area contributed by atoms with Gasteiger partial charge in [-0.15, -0.1) is 0 Å². The molecule has 2 heterocycles. The number of amides is 2. The molecule has 2 aromatic carbocycles. The van der Waals surface area contributed by atoms with Gasteiger partial charge in [0, 0.05) is 46.6 Å². The third-order valence-electron chi connectivity index (χ3n) is 5.89. The highest BCUT2D eigenvalue weighted by Crippen LogP contribution is 2.39. The van der Waals surface area contributed by atoms with Crippen LogP contribution in [-0.4, -0.2) is 45.5 Å². The Morgan fingerprint density at radius 3 is 2.49 bits per heavy atom. The zero-order valence-electron chi connectivity index (χ0n) is 19.5. The molecule has 2 unspecified atom stereocenters. The Balaban J connectivity index is 1.59. The number of anilines is 2. The van der Waals surface area contributed by atoms with Crippen molar-refractivity contribution in [1.82, 2.24) is 5.32 Å². The number of halogens is 5. The summed E-state index contributed by atoms with van der Waals surface area (Å²) in [5.41, 5.74) is -0.596. The summed E-state index contributed by atoms with van der Waals surface area (Å²) in [6.07, 6.45) is -3.49. The van der Waals surface area contributed by atoms with Gasteiger partial charge in [0.2, 0.25) is 0 Å². The SMILES string of the molecule is COc1cc(NC(=O)NC(F)(c2oc3c(F)cc(F)cc3c2C)C(F)F)cc(NC2CCS(=O)(=O)C2)c1. The molecule has 0 bridgehead atoms. The minimum absolute atomic E-state index is 0.00580. The summed E-state index contributed by atoms with van der Waals surface area (Å²) >= 11 is 0. The molecule has 2 amide bonds. The Hall–Kier alpha value is -3.55. The second-order valence-corrected chi connectivity index (χ2v) is 10.8. The van der Waals surface area contributed by atoms with Crippen molar-refractivity contribution >= 4 is 38.2 Å². The normalized spacial score (nSPS) is 18.5. The third-order valence-corrected chi connectivity index (χ3v) is 7.65. The molecule has 0 radical (unpaired) electrons. The van der Waals surface area contributed by atoms with E-state index in [-0.39, 0.29) is 33.9 Å². The standard InChI is InChI=1S/C23H22F5N3O5S/c1-11-17-5-12(24)6-18(25)19(17)36-20(11)23(28,21(26)27)31-22(32)30-15-7-14(8-16(9-15)35-2)29-13-3-4-37(33,34)10-13/h5-9,13,21,29H,3-4,10H2,1-2H3,(H2,30,31,32). The Kier molecular flexibility index (Phi) is 6.97. The van der Waals surface area contributed by atoms with E-state index in [1.165, 1.54) is 30.6 Å². The molecule has 4 rings (SSSR count). The topological polar surface area (TPSA) is 110 Å². The fourth-order valence-corrected chi connectivity index (χ4v) is 5.82. The number of carbonyl (C=O) groups is 1. The molecule has 14 heteroatoms. The van der Waals surface area contributed by atoms with Crippen LogP contribution in [0.15, 0.2) is 34.7 Å². The maximum atomic E-state index is 15.6. The Bertz CT molecular complexity index is 1460. The van der Waals surface area contributed by atoms with Gasteiger partial charge in [0.1, 0.15) is 11.6 Å². The molecular weight excluding hydrogens is 525 g/mol. The summed E-state index contributed by atoms with van der Waals surface area (Å²) in [5, 5.41) is 6.47. The zero-order chi connectivity index (χ0) is 27.1. The summed E-state index contributed by atoms with van der Waals surface area (Å²) < 4.78 is 105. The molecule has 1 saturated heterocycles. The number of aryl methyl sites for hydroxylation is 1. The number of rotatable bonds is 7. The van der Waals surface area contributed by atoms with E-state index in [1.807, 2.05) is 0 Å². The lowest BCUT2D eigenvalue weighted by molar-refractivity contribution is -0.0664. The smallest absolute Gasteiger partial charge is 0.322 e. The number of nitrogens with one attached hydrogen (secondary N) is 3. The van der Waals surface area contributed by atoms with Gasteiger partial charge in [0.15, 0.2) is 27.0 Å². The second kappa shape index (κ2) is 9.72. The number of hydrogen-bond donors (Lipinski definition) is 3. The largest absolute Gasteiger partial charge is 0.497 e. The van der Waals surface area contributed by atoms with Crippen LogP contribution in [0.3, 0.4) is 0 Å². The van der Waals surface area contributed by atoms with E-state index in [0.717, 1.165) is 13.0 Å². The highest BCUT2D eigenvalue weighted by atomic mass is 32.2. The van der Waals surface area contributed by atoms with Crippen LogP contribution in [0.1, 0.15) is 17.7 Å². The number of hydrogen-bond acceptors (Lipinski definition) is 6. The fourth-order valence-electron chi connectivity index (χ4n) is 4.15. The van der Waals surface area contributed by atoms with Crippen LogP contribution < -0.4 is 20.7 Å². The zero-order valence-corrected chi connectivity index (χ0v) is 20.3. The molecule has 3 aromatic rings. The molecule has 0 spiro atoms. The molecule has 8 nitrogen and oxygen atoms in total. The highest BCUT2D eigenvalue weighted by molar-refractivity contribution is 7.91. The molecule has 2 atom stereocenters. The van der Waals surface area contributed by atoms with Gasteiger partial charge in [0.05, 0.1) is 18.6 Å². The van der Waals surface area contributed by atoms with Crippen molar-refractivity contribution in [1.29, 1.82) is 0 Å². The van der Waals surface area contributed by atoms with Crippen LogP contribution in [0.4, 0.5) is 38.1 Å². The number of carbonyl (C=O) groups excluding carboxylic acids is 1. The van der Waals surface area contributed by atoms with Crippen molar-refractivity contribution in [3.05, 3.63) is 53.3 Å². The van der Waals surface area contributed by atoms with Gasteiger partial charge < -0.3 is 19.8 Å². The molecule has 0 aliphatic carbocycles. The number of benzene rings is 2. The summed E-state index contributed by atoms with van der Waals surface area (Å²) in [5.74, 6) is -7.07. The monoisotopic (exact) mass is 547 g/mol. The summed E-state index contributed by atoms with van der Waals surface area (Å²) in [4.78, 5) is 12.6. The van der Waals surface area contributed by atoms with E-state index in [1.54, 1.807) is 0 Å². The molecular formula is C23H22F5N3O5S. The van der Waals surface area contributed by atoms with Crippen LogP contribution in [0.5, 0.6) is 5.75 Å². The lowest BCUT2D eigenvalue weighted by atomic mass is 10.1. The number of fused-ring (bicyclic) bond motifs is 1.